The standard InChI is InChI=1S/C23H17Br4N5/c24-15-1-5-19(28-9-15)13-32(14-20-6-2-16(25)10-29-20)23(21-7-3-17(26)11-30-21)22-8-4-18(27)12-31-22/h1-12,23H,13-14H2. The molecule has 0 aliphatic heterocycles. The predicted octanol–water partition coefficient (Wildman–Crippen LogP) is 7.11. The Hall–Kier alpha value is -1.52. The Bertz CT molecular complexity index is 1060. The second kappa shape index (κ2) is 11.1. The highest BCUT2D eigenvalue weighted by Gasteiger charge is 2.26. The molecule has 0 aliphatic carbocycles. The van der Waals surface area contributed by atoms with E-state index in [1.807, 2.05) is 73.3 Å². The Morgan fingerprint density at radius 3 is 1.22 bits per heavy atom. The van der Waals surface area contributed by atoms with Crippen LogP contribution < -0.4 is 0 Å². The number of aromatic nitrogens is 4. The molecule has 0 aromatic carbocycles. The van der Waals surface area contributed by atoms with Crippen molar-refractivity contribution in [1.82, 2.24) is 24.8 Å². The minimum Gasteiger partial charge on any atom is -0.278 e. The van der Waals surface area contributed by atoms with Gasteiger partial charge in [0, 0.05) is 55.8 Å². The van der Waals surface area contributed by atoms with Crippen molar-refractivity contribution in [2.75, 3.05) is 0 Å². The van der Waals surface area contributed by atoms with Gasteiger partial charge in [-0.3, -0.25) is 24.8 Å². The molecule has 0 radical (unpaired) electrons. The molecule has 4 rings (SSSR count). The number of hydrogen-bond donors (Lipinski definition) is 0. The first-order valence-electron chi connectivity index (χ1n) is 9.66. The van der Waals surface area contributed by atoms with Crippen molar-refractivity contribution in [3.63, 3.8) is 0 Å². The minimum absolute atomic E-state index is 0.188. The average Bonchev–Trinajstić information content (AvgIpc) is 2.79. The van der Waals surface area contributed by atoms with Gasteiger partial charge in [0.25, 0.3) is 0 Å². The van der Waals surface area contributed by atoms with Crippen molar-refractivity contribution in [3.8, 4) is 0 Å². The molecular formula is C23H17Br4N5. The maximum absolute atomic E-state index is 4.71. The maximum Gasteiger partial charge on any atom is 0.0956 e. The van der Waals surface area contributed by atoms with Gasteiger partial charge in [-0.25, -0.2) is 0 Å². The van der Waals surface area contributed by atoms with Crippen molar-refractivity contribution in [2.24, 2.45) is 0 Å². The fourth-order valence-corrected chi connectivity index (χ4v) is 4.22. The summed E-state index contributed by atoms with van der Waals surface area (Å²) in [5.41, 5.74) is 3.70. The van der Waals surface area contributed by atoms with Crippen molar-refractivity contribution < 1.29 is 0 Å². The van der Waals surface area contributed by atoms with E-state index < -0.39 is 0 Å². The summed E-state index contributed by atoms with van der Waals surface area (Å²) in [5, 5.41) is 0. The third-order valence-electron chi connectivity index (χ3n) is 4.73. The van der Waals surface area contributed by atoms with E-state index in [1.54, 1.807) is 0 Å². The van der Waals surface area contributed by atoms with Gasteiger partial charge in [-0.15, -0.1) is 0 Å². The number of halogens is 4. The Labute approximate surface area is 220 Å². The lowest BCUT2D eigenvalue weighted by Crippen LogP contribution is -2.31. The van der Waals surface area contributed by atoms with Gasteiger partial charge < -0.3 is 0 Å². The fraction of sp³-hybridized carbons (Fsp3) is 0.130. The van der Waals surface area contributed by atoms with E-state index in [1.165, 1.54) is 0 Å². The van der Waals surface area contributed by atoms with Gasteiger partial charge in [0.1, 0.15) is 0 Å². The first kappa shape index (κ1) is 23.6. The molecular weight excluding hydrogens is 666 g/mol. The maximum atomic E-state index is 4.71. The molecule has 0 aliphatic rings. The summed E-state index contributed by atoms with van der Waals surface area (Å²) < 4.78 is 3.75. The lowest BCUT2D eigenvalue weighted by molar-refractivity contribution is 0.195. The molecule has 0 bridgehead atoms. The van der Waals surface area contributed by atoms with Crippen LogP contribution in [0, 0.1) is 0 Å². The molecule has 0 spiro atoms. The van der Waals surface area contributed by atoms with Crippen LogP contribution in [-0.4, -0.2) is 24.8 Å². The first-order chi connectivity index (χ1) is 15.5. The Morgan fingerprint density at radius 1 is 0.531 bits per heavy atom. The second-order valence-corrected chi connectivity index (χ2v) is 10.7. The Balaban J connectivity index is 1.78. The highest BCUT2D eigenvalue weighted by molar-refractivity contribution is 9.11. The van der Waals surface area contributed by atoms with Gasteiger partial charge in [0.15, 0.2) is 0 Å². The van der Waals surface area contributed by atoms with E-state index in [0.29, 0.717) is 13.1 Å². The molecule has 0 fully saturated rings. The molecule has 4 aromatic heterocycles. The van der Waals surface area contributed by atoms with Crippen LogP contribution in [0.2, 0.25) is 0 Å². The molecule has 0 saturated carbocycles. The van der Waals surface area contributed by atoms with Gasteiger partial charge in [0.2, 0.25) is 0 Å². The van der Waals surface area contributed by atoms with E-state index in [2.05, 4.69) is 78.6 Å². The summed E-state index contributed by atoms with van der Waals surface area (Å²) in [6.07, 6.45) is 7.26. The van der Waals surface area contributed by atoms with E-state index in [9.17, 15) is 0 Å². The normalized spacial score (nSPS) is 11.3. The summed E-state index contributed by atoms with van der Waals surface area (Å²) in [5.74, 6) is 0. The van der Waals surface area contributed by atoms with Gasteiger partial charge in [-0.2, -0.15) is 0 Å². The largest absolute Gasteiger partial charge is 0.278 e. The molecule has 0 amide bonds. The van der Waals surface area contributed by atoms with Crippen LogP contribution in [0.25, 0.3) is 0 Å². The molecule has 0 atom stereocenters. The van der Waals surface area contributed by atoms with Crippen LogP contribution >= 0.6 is 63.7 Å². The second-order valence-electron chi connectivity index (χ2n) is 7.05. The van der Waals surface area contributed by atoms with Crippen LogP contribution in [-0.2, 0) is 13.1 Å². The van der Waals surface area contributed by atoms with Gasteiger partial charge >= 0.3 is 0 Å². The number of hydrogen-bond acceptors (Lipinski definition) is 5. The van der Waals surface area contributed by atoms with Crippen molar-refractivity contribution >= 4 is 63.7 Å². The van der Waals surface area contributed by atoms with Gasteiger partial charge in [-0.05, 0) is 112 Å². The first-order valence-corrected chi connectivity index (χ1v) is 12.8. The SMILES string of the molecule is Brc1ccc(CN(Cc2ccc(Br)cn2)C(c2ccc(Br)cn2)c2ccc(Br)cn2)nc1. The zero-order valence-corrected chi connectivity index (χ0v) is 23.0. The average molecular weight is 683 g/mol. The van der Waals surface area contributed by atoms with Gasteiger partial charge in [-0.1, -0.05) is 0 Å². The van der Waals surface area contributed by atoms with E-state index in [-0.39, 0.29) is 6.04 Å². The smallest absolute Gasteiger partial charge is 0.0956 e. The van der Waals surface area contributed by atoms with Crippen molar-refractivity contribution in [1.29, 1.82) is 0 Å². The molecule has 162 valence electrons. The lowest BCUT2D eigenvalue weighted by Gasteiger charge is -2.31. The summed E-state index contributed by atoms with van der Waals surface area (Å²) in [6.45, 7) is 1.20. The summed E-state index contributed by atoms with van der Waals surface area (Å²) in [6, 6.07) is 15.9. The van der Waals surface area contributed by atoms with E-state index >= 15 is 0 Å². The minimum atomic E-state index is -0.188. The lowest BCUT2D eigenvalue weighted by atomic mass is 10.1. The van der Waals surface area contributed by atoms with Gasteiger partial charge in [0.05, 0.1) is 28.8 Å². The number of nitrogens with zero attached hydrogens (tertiary/aromatic N) is 5. The molecule has 32 heavy (non-hydrogen) atoms. The Kier molecular flexibility index (Phi) is 8.17. The highest BCUT2D eigenvalue weighted by atomic mass is 79.9. The molecule has 9 heteroatoms. The topological polar surface area (TPSA) is 54.8 Å². The summed E-state index contributed by atoms with van der Waals surface area (Å²) in [7, 11) is 0. The van der Waals surface area contributed by atoms with Crippen LogP contribution in [0.3, 0.4) is 0 Å². The summed E-state index contributed by atoms with van der Waals surface area (Å²) >= 11 is 13.9. The van der Waals surface area contributed by atoms with Crippen molar-refractivity contribution in [3.05, 3.63) is 114 Å². The molecule has 0 unspecified atom stereocenters. The summed E-state index contributed by atoms with van der Waals surface area (Å²) in [4.78, 5) is 20.9. The van der Waals surface area contributed by atoms with Crippen LogP contribution in [0.15, 0.2) is 91.2 Å². The van der Waals surface area contributed by atoms with Crippen LogP contribution in [0.4, 0.5) is 0 Å². The zero-order chi connectivity index (χ0) is 22.5. The Morgan fingerprint density at radius 2 is 0.906 bits per heavy atom. The predicted molar refractivity (Wildman–Crippen MR) is 139 cm³/mol. The van der Waals surface area contributed by atoms with E-state index in [0.717, 1.165) is 40.7 Å². The molecule has 4 heterocycles. The monoisotopic (exact) mass is 679 g/mol. The van der Waals surface area contributed by atoms with Crippen LogP contribution in [0.5, 0.6) is 0 Å². The number of pyridine rings is 4. The van der Waals surface area contributed by atoms with E-state index in [4.69, 9.17) is 9.97 Å². The third kappa shape index (κ3) is 6.29. The highest BCUT2D eigenvalue weighted by Crippen LogP contribution is 2.30. The molecule has 0 saturated heterocycles. The molecule has 5 nitrogen and oxygen atoms in total. The quantitative estimate of drug-likeness (QED) is 0.208. The third-order valence-corrected chi connectivity index (χ3v) is 6.61. The fourth-order valence-electron chi connectivity index (χ4n) is 3.28. The number of rotatable bonds is 7. The van der Waals surface area contributed by atoms with Crippen molar-refractivity contribution in [2.45, 2.75) is 19.1 Å². The molecule has 4 aromatic rings. The molecule has 0 N–H and O–H groups in total. The van der Waals surface area contributed by atoms with Crippen LogP contribution in [0.1, 0.15) is 28.8 Å². The zero-order valence-electron chi connectivity index (χ0n) is 16.7.